The lowest BCUT2D eigenvalue weighted by Gasteiger charge is -2.08. The lowest BCUT2D eigenvalue weighted by atomic mass is 10.1. The molecule has 0 aliphatic rings. The Morgan fingerprint density at radius 3 is 2.23 bits per heavy atom. The topological polar surface area (TPSA) is 67.4 Å². The summed E-state index contributed by atoms with van der Waals surface area (Å²) in [6.45, 7) is 1.86. The van der Waals surface area contributed by atoms with Gasteiger partial charge in [0.1, 0.15) is 5.75 Å². The predicted octanol–water partition coefficient (Wildman–Crippen LogP) is 2.37. The molecular weight excluding hydrogens is 280 g/mol. The Morgan fingerprint density at radius 2 is 1.64 bits per heavy atom. The molecule has 0 saturated carbocycles. The maximum Gasteiger partial charge on any atom is 0.251 e. The first kappa shape index (κ1) is 15.6. The van der Waals surface area contributed by atoms with Crippen molar-refractivity contribution in [2.45, 2.75) is 6.92 Å². The molecule has 0 bridgehead atoms. The molecule has 2 aromatic carbocycles. The van der Waals surface area contributed by atoms with E-state index in [-0.39, 0.29) is 18.4 Å². The molecule has 5 nitrogen and oxygen atoms in total. The Morgan fingerprint density at radius 1 is 1.00 bits per heavy atom. The van der Waals surface area contributed by atoms with Crippen LogP contribution in [0.2, 0.25) is 0 Å². The lowest BCUT2D eigenvalue weighted by molar-refractivity contribution is -0.115. The smallest absolute Gasteiger partial charge is 0.251 e. The maximum atomic E-state index is 11.9. The van der Waals surface area contributed by atoms with Crippen molar-refractivity contribution in [2.75, 3.05) is 19.0 Å². The van der Waals surface area contributed by atoms with E-state index >= 15 is 0 Å². The fraction of sp³-hybridized carbons (Fsp3) is 0.176. The molecule has 0 radical (unpaired) electrons. The van der Waals surface area contributed by atoms with E-state index in [4.69, 9.17) is 4.74 Å². The molecule has 0 heterocycles. The molecule has 2 aromatic rings. The van der Waals surface area contributed by atoms with Crippen LogP contribution in [0.1, 0.15) is 15.9 Å². The highest BCUT2D eigenvalue weighted by Gasteiger charge is 2.08. The molecule has 0 aliphatic heterocycles. The number of aryl methyl sites for hydroxylation is 1. The second-order valence-corrected chi connectivity index (χ2v) is 4.83. The van der Waals surface area contributed by atoms with Crippen LogP contribution in [-0.2, 0) is 4.79 Å². The molecule has 2 rings (SSSR count). The lowest BCUT2D eigenvalue weighted by Crippen LogP contribution is -2.32. The van der Waals surface area contributed by atoms with E-state index in [0.29, 0.717) is 17.0 Å². The number of nitrogens with one attached hydrogen (secondary N) is 2. The first-order valence-electron chi connectivity index (χ1n) is 6.87. The average Bonchev–Trinajstić information content (AvgIpc) is 2.54. The molecule has 0 fully saturated rings. The van der Waals surface area contributed by atoms with Gasteiger partial charge in [-0.25, -0.2) is 0 Å². The van der Waals surface area contributed by atoms with Crippen LogP contribution in [0.3, 0.4) is 0 Å². The molecule has 2 amide bonds. The van der Waals surface area contributed by atoms with Gasteiger partial charge in [-0.1, -0.05) is 17.7 Å². The number of hydrogen-bond donors (Lipinski definition) is 2. The summed E-state index contributed by atoms with van der Waals surface area (Å²) in [6, 6.07) is 14.1. The maximum absolute atomic E-state index is 11.9. The largest absolute Gasteiger partial charge is 0.497 e. The minimum atomic E-state index is -0.286. The summed E-state index contributed by atoms with van der Waals surface area (Å²) < 4.78 is 5.04. The minimum absolute atomic E-state index is 0.0846. The van der Waals surface area contributed by atoms with E-state index in [1.165, 1.54) is 0 Å². The van der Waals surface area contributed by atoms with Crippen molar-refractivity contribution >= 4 is 17.5 Å². The Labute approximate surface area is 129 Å². The number of carbonyl (C=O) groups excluding carboxylic acids is 2. The quantitative estimate of drug-likeness (QED) is 0.890. The molecule has 0 aliphatic carbocycles. The zero-order valence-electron chi connectivity index (χ0n) is 12.6. The van der Waals surface area contributed by atoms with Gasteiger partial charge >= 0.3 is 0 Å². The number of methoxy groups -OCH3 is 1. The highest BCUT2D eigenvalue weighted by Crippen LogP contribution is 2.14. The third kappa shape index (κ3) is 4.34. The van der Waals surface area contributed by atoms with Gasteiger partial charge in [-0.2, -0.15) is 0 Å². The fourth-order valence-electron chi connectivity index (χ4n) is 1.85. The Balaban J connectivity index is 1.84. The van der Waals surface area contributed by atoms with E-state index < -0.39 is 0 Å². The van der Waals surface area contributed by atoms with E-state index in [1.807, 2.05) is 19.1 Å². The van der Waals surface area contributed by atoms with Gasteiger partial charge in [-0.3, -0.25) is 9.59 Å². The molecule has 0 saturated heterocycles. The number of carbonyl (C=O) groups is 2. The number of hydrogen-bond acceptors (Lipinski definition) is 3. The summed E-state index contributed by atoms with van der Waals surface area (Å²) in [7, 11) is 1.58. The second-order valence-electron chi connectivity index (χ2n) is 4.83. The number of anilines is 1. The molecule has 114 valence electrons. The van der Waals surface area contributed by atoms with E-state index in [9.17, 15) is 9.59 Å². The van der Waals surface area contributed by atoms with Gasteiger partial charge < -0.3 is 15.4 Å². The number of amides is 2. The summed E-state index contributed by atoms with van der Waals surface area (Å²) >= 11 is 0. The summed E-state index contributed by atoms with van der Waals surface area (Å²) in [5, 5.41) is 5.29. The normalized spacial score (nSPS) is 9.91. The van der Waals surface area contributed by atoms with Crippen molar-refractivity contribution in [2.24, 2.45) is 0 Å². The van der Waals surface area contributed by atoms with Gasteiger partial charge in [-0.05, 0) is 43.3 Å². The zero-order chi connectivity index (χ0) is 15.9. The van der Waals surface area contributed by atoms with Crippen LogP contribution in [-0.4, -0.2) is 25.5 Å². The van der Waals surface area contributed by atoms with Crippen molar-refractivity contribution < 1.29 is 14.3 Å². The van der Waals surface area contributed by atoms with Crippen molar-refractivity contribution in [3.05, 3.63) is 59.7 Å². The Kier molecular flexibility index (Phi) is 5.14. The predicted molar refractivity (Wildman–Crippen MR) is 85.1 cm³/mol. The highest BCUT2D eigenvalue weighted by molar-refractivity contribution is 5.99. The molecule has 0 spiro atoms. The summed E-state index contributed by atoms with van der Waals surface area (Å²) in [5.41, 5.74) is 2.26. The van der Waals surface area contributed by atoms with Crippen LogP contribution < -0.4 is 15.4 Å². The van der Waals surface area contributed by atoms with Gasteiger partial charge in [0.2, 0.25) is 5.91 Å². The Bertz CT molecular complexity index is 649. The molecule has 22 heavy (non-hydrogen) atoms. The monoisotopic (exact) mass is 298 g/mol. The van der Waals surface area contributed by atoms with Crippen LogP contribution in [0.4, 0.5) is 5.69 Å². The molecule has 0 atom stereocenters. The molecule has 2 N–H and O–H groups in total. The van der Waals surface area contributed by atoms with Crippen molar-refractivity contribution in [1.29, 1.82) is 0 Å². The fourth-order valence-corrected chi connectivity index (χ4v) is 1.85. The van der Waals surface area contributed by atoms with E-state index in [1.54, 1.807) is 43.5 Å². The van der Waals surface area contributed by atoms with E-state index in [0.717, 1.165) is 5.56 Å². The van der Waals surface area contributed by atoms with Gasteiger partial charge in [0.25, 0.3) is 5.91 Å². The van der Waals surface area contributed by atoms with Crippen molar-refractivity contribution in [3.63, 3.8) is 0 Å². The first-order valence-corrected chi connectivity index (χ1v) is 6.87. The molecule has 0 unspecified atom stereocenters. The standard InChI is InChI=1S/C17H18N2O3/c1-12-3-5-13(6-4-12)17(21)18-11-16(20)19-14-7-9-15(22-2)10-8-14/h3-10H,11H2,1-2H3,(H,18,21)(H,19,20). The second kappa shape index (κ2) is 7.26. The third-order valence-corrected chi connectivity index (χ3v) is 3.10. The van der Waals surface area contributed by atoms with Crippen LogP contribution in [0.25, 0.3) is 0 Å². The summed E-state index contributed by atoms with van der Waals surface area (Å²) in [5.74, 6) is 0.154. The van der Waals surface area contributed by atoms with Crippen molar-refractivity contribution in [1.82, 2.24) is 5.32 Å². The third-order valence-electron chi connectivity index (χ3n) is 3.10. The summed E-state index contributed by atoms with van der Waals surface area (Å²) in [6.07, 6.45) is 0. The average molecular weight is 298 g/mol. The molecule has 0 aromatic heterocycles. The zero-order valence-corrected chi connectivity index (χ0v) is 12.6. The van der Waals surface area contributed by atoms with Gasteiger partial charge in [0.15, 0.2) is 0 Å². The molecule has 5 heteroatoms. The van der Waals surface area contributed by atoms with Crippen LogP contribution in [0.15, 0.2) is 48.5 Å². The number of benzene rings is 2. The van der Waals surface area contributed by atoms with E-state index in [2.05, 4.69) is 10.6 Å². The number of ether oxygens (including phenoxy) is 1. The van der Waals surface area contributed by atoms with Crippen LogP contribution in [0, 0.1) is 6.92 Å². The van der Waals surface area contributed by atoms with Gasteiger partial charge in [0.05, 0.1) is 13.7 Å². The van der Waals surface area contributed by atoms with Gasteiger partial charge in [-0.15, -0.1) is 0 Å². The first-order chi connectivity index (χ1) is 10.6. The Hall–Kier alpha value is -2.82. The van der Waals surface area contributed by atoms with Crippen molar-refractivity contribution in [3.8, 4) is 5.75 Å². The van der Waals surface area contributed by atoms with Crippen LogP contribution >= 0.6 is 0 Å². The van der Waals surface area contributed by atoms with Crippen LogP contribution in [0.5, 0.6) is 5.75 Å². The minimum Gasteiger partial charge on any atom is -0.497 e. The molecular formula is C17H18N2O3. The highest BCUT2D eigenvalue weighted by atomic mass is 16.5. The summed E-state index contributed by atoms with van der Waals surface area (Å²) in [4.78, 5) is 23.7. The van der Waals surface area contributed by atoms with Gasteiger partial charge in [0, 0.05) is 11.3 Å². The SMILES string of the molecule is COc1ccc(NC(=O)CNC(=O)c2ccc(C)cc2)cc1. The number of rotatable bonds is 5.